The Morgan fingerprint density at radius 1 is 1.27 bits per heavy atom. The Balaban J connectivity index is 1.74. The van der Waals surface area contributed by atoms with Gasteiger partial charge in [0.15, 0.2) is 0 Å². The fraction of sp³-hybridized carbons (Fsp3) is 0.357. The zero-order chi connectivity index (χ0) is 15.9. The molecule has 2 aliphatic rings. The van der Waals surface area contributed by atoms with Crippen molar-refractivity contribution in [2.75, 3.05) is 13.1 Å². The van der Waals surface area contributed by atoms with Crippen LogP contribution < -0.4 is 10.6 Å². The van der Waals surface area contributed by atoms with Crippen LogP contribution in [0, 0.1) is 5.82 Å². The van der Waals surface area contributed by atoms with Crippen LogP contribution in [0.2, 0.25) is 0 Å². The number of carbonyl (C=O) groups excluding carboxylic acids is 3. The molecule has 116 valence electrons. The maximum atomic E-state index is 13.3. The molecule has 1 spiro atoms. The second-order valence-electron chi connectivity index (χ2n) is 5.41. The summed E-state index contributed by atoms with van der Waals surface area (Å²) in [4.78, 5) is 37.1. The number of rotatable bonds is 1. The predicted molar refractivity (Wildman–Crippen MR) is 78.6 cm³/mol. The van der Waals surface area contributed by atoms with Crippen LogP contribution in [0.25, 0.3) is 0 Å². The lowest BCUT2D eigenvalue weighted by Gasteiger charge is -2.37. The number of hydrogen-bond donors (Lipinski definition) is 2. The van der Waals surface area contributed by atoms with E-state index < -0.39 is 17.4 Å². The maximum Gasteiger partial charge on any atom is 0.322 e. The fourth-order valence-electron chi connectivity index (χ4n) is 2.80. The molecule has 4 amide bonds. The van der Waals surface area contributed by atoms with Gasteiger partial charge in [-0.1, -0.05) is 0 Å². The highest BCUT2D eigenvalue weighted by atomic mass is 79.9. The first-order chi connectivity index (χ1) is 10.4. The maximum absolute atomic E-state index is 13.3. The monoisotopic (exact) mass is 369 g/mol. The molecule has 22 heavy (non-hydrogen) atoms. The number of imide groups is 1. The van der Waals surface area contributed by atoms with E-state index >= 15 is 0 Å². The molecular formula is C14H13BrFN3O3. The van der Waals surface area contributed by atoms with E-state index in [0.717, 1.165) is 0 Å². The number of amides is 4. The Morgan fingerprint density at radius 3 is 2.55 bits per heavy atom. The number of carbonyl (C=O) groups is 3. The van der Waals surface area contributed by atoms with E-state index in [1.54, 1.807) is 4.90 Å². The third kappa shape index (κ3) is 2.47. The van der Waals surface area contributed by atoms with Crippen molar-refractivity contribution in [3.05, 3.63) is 34.1 Å². The van der Waals surface area contributed by atoms with E-state index in [4.69, 9.17) is 0 Å². The van der Waals surface area contributed by atoms with E-state index in [-0.39, 0.29) is 17.4 Å². The minimum Gasteiger partial charge on any atom is -0.338 e. The van der Waals surface area contributed by atoms with Gasteiger partial charge in [-0.15, -0.1) is 0 Å². The Bertz CT molecular complexity index is 671. The van der Waals surface area contributed by atoms with Crippen molar-refractivity contribution in [2.45, 2.75) is 18.4 Å². The van der Waals surface area contributed by atoms with Crippen LogP contribution >= 0.6 is 15.9 Å². The molecule has 0 unspecified atom stereocenters. The third-order valence-electron chi connectivity index (χ3n) is 4.08. The zero-order valence-electron chi connectivity index (χ0n) is 11.5. The van der Waals surface area contributed by atoms with Crippen LogP contribution in [0.5, 0.6) is 0 Å². The van der Waals surface area contributed by atoms with Crippen LogP contribution in [0.4, 0.5) is 9.18 Å². The molecule has 2 heterocycles. The summed E-state index contributed by atoms with van der Waals surface area (Å²) < 4.78 is 13.8. The normalized spacial score (nSPS) is 20.0. The van der Waals surface area contributed by atoms with Crippen molar-refractivity contribution >= 4 is 33.8 Å². The Hall–Kier alpha value is -1.96. The van der Waals surface area contributed by atoms with Crippen LogP contribution in [0.15, 0.2) is 22.7 Å². The summed E-state index contributed by atoms with van der Waals surface area (Å²) in [6.07, 6.45) is 0.673. The third-order valence-corrected chi connectivity index (χ3v) is 4.77. The van der Waals surface area contributed by atoms with Gasteiger partial charge in [-0.2, -0.15) is 0 Å². The molecule has 2 saturated heterocycles. The number of halogens is 2. The van der Waals surface area contributed by atoms with Gasteiger partial charge in [0.1, 0.15) is 11.4 Å². The van der Waals surface area contributed by atoms with Crippen molar-refractivity contribution in [3.8, 4) is 0 Å². The van der Waals surface area contributed by atoms with Crippen molar-refractivity contribution in [3.63, 3.8) is 0 Å². The van der Waals surface area contributed by atoms with Gasteiger partial charge in [0.25, 0.3) is 11.8 Å². The minimum absolute atomic E-state index is 0.246. The van der Waals surface area contributed by atoms with Gasteiger partial charge in [-0.05, 0) is 47.0 Å². The summed E-state index contributed by atoms with van der Waals surface area (Å²) in [6.45, 7) is 0.630. The number of likely N-dealkylation sites (tertiary alicyclic amines) is 1. The van der Waals surface area contributed by atoms with Gasteiger partial charge in [0.2, 0.25) is 0 Å². The molecule has 8 heteroatoms. The van der Waals surface area contributed by atoms with Gasteiger partial charge in [-0.3, -0.25) is 14.9 Å². The number of nitrogens with one attached hydrogen (secondary N) is 2. The smallest absolute Gasteiger partial charge is 0.322 e. The minimum atomic E-state index is -0.924. The summed E-state index contributed by atoms with van der Waals surface area (Å²) in [5, 5.41) is 4.85. The lowest BCUT2D eigenvalue weighted by atomic mass is 9.87. The quantitative estimate of drug-likeness (QED) is 0.734. The molecule has 1 aromatic carbocycles. The van der Waals surface area contributed by atoms with Crippen molar-refractivity contribution in [2.24, 2.45) is 0 Å². The summed E-state index contributed by atoms with van der Waals surface area (Å²) in [6, 6.07) is 3.43. The molecule has 0 saturated carbocycles. The largest absolute Gasteiger partial charge is 0.338 e. The number of urea groups is 1. The van der Waals surface area contributed by atoms with Crippen LogP contribution in [-0.2, 0) is 4.79 Å². The summed E-state index contributed by atoms with van der Waals surface area (Å²) in [5.41, 5.74) is -0.677. The van der Waals surface area contributed by atoms with E-state index in [0.29, 0.717) is 30.4 Å². The van der Waals surface area contributed by atoms with Crippen molar-refractivity contribution < 1.29 is 18.8 Å². The topological polar surface area (TPSA) is 78.5 Å². The van der Waals surface area contributed by atoms with E-state index in [1.165, 1.54) is 18.2 Å². The van der Waals surface area contributed by atoms with Gasteiger partial charge in [0, 0.05) is 17.6 Å². The van der Waals surface area contributed by atoms with E-state index in [9.17, 15) is 18.8 Å². The number of nitrogens with zero attached hydrogens (tertiary/aromatic N) is 1. The highest BCUT2D eigenvalue weighted by molar-refractivity contribution is 9.10. The average molecular weight is 370 g/mol. The fourth-order valence-corrected chi connectivity index (χ4v) is 3.22. The molecule has 6 nitrogen and oxygen atoms in total. The predicted octanol–water partition coefficient (Wildman–Crippen LogP) is 1.40. The molecule has 1 aromatic rings. The number of benzene rings is 1. The molecule has 0 bridgehead atoms. The number of piperidine rings is 1. The first-order valence-corrected chi connectivity index (χ1v) is 7.58. The average Bonchev–Trinajstić information content (AvgIpc) is 2.76. The highest BCUT2D eigenvalue weighted by Crippen LogP contribution is 2.27. The molecule has 2 fully saturated rings. The lowest BCUT2D eigenvalue weighted by Crippen LogP contribution is -2.55. The summed E-state index contributed by atoms with van der Waals surface area (Å²) in [5.74, 6) is -1.13. The summed E-state index contributed by atoms with van der Waals surface area (Å²) in [7, 11) is 0. The van der Waals surface area contributed by atoms with Crippen molar-refractivity contribution in [1.82, 2.24) is 15.5 Å². The molecule has 0 radical (unpaired) electrons. The Labute approximate surface area is 134 Å². The molecule has 0 atom stereocenters. The first-order valence-electron chi connectivity index (χ1n) is 6.79. The highest BCUT2D eigenvalue weighted by Gasteiger charge is 2.48. The van der Waals surface area contributed by atoms with Crippen LogP contribution in [-0.4, -0.2) is 41.4 Å². The Kier molecular flexibility index (Phi) is 3.64. The standard InChI is InChI=1S/C14H13BrFN3O3/c15-10-2-1-8(16)7-9(10)11(20)19-5-3-14(4-6-19)12(21)17-13(22)18-14/h1-2,7H,3-6H2,(H2,17,18,21,22). The van der Waals surface area contributed by atoms with Crippen molar-refractivity contribution in [1.29, 1.82) is 0 Å². The molecule has 2 aliphatic heterocycles. The van der Waals surface area contributed by atoms with Gasteiger partial charge < -0.3 is 10.2 Å². The first kappa shape index (κ1) is 15.0. The SMILES string of the molecule is O=C1NC(=O)C2(CCN(C(=O)c3cc(F)ccc3Br)CC2)N1. The molecule has 0 aromatic heterocycles. The second-order valence-corrected chi connectivity index (χ2v) is 6.26. The molecule has 0 aliphatic carbocycles. The molecular weight excluding hydrogens is 357 g/mol. The molecule has 3 rings (SSSR count). The lowest BCUT2D eigenvalue weighted by molar-refractivity contribution is -0.125. The number of hydrogen-bond acceptors (Lipinski definition) is 3. The zero-order valence-corrected chi connectivity index (χ0v) is 13.1. The van der Waals surface area contributed by atoms with Gasteiger partial charge in [-0.25, -0.2) is 9.18 Å². The summed E-state index contributed by atoms with van der Waals surface area (Å²) >= 11 is 3.24. The van der Waals surface area contributed by atoms with Crippen LogP contribution in [0.3, 0.4) is 0 Å². The van der Waals surface area contributed by atoms with E-state index in [2.05, 4.69) is 26.6 Å². The second kappa shape index (κ2) is 5.35. The van der Waals surface area contributed by atoms with E-state index in [1.807, 2.05) is 0 Å². The van der Waals surface area contributed by atoms with Gasteiger partial charge in [0.05, 0.1) is 5.56 Å². The van der Waals surface area contributed by atoms with Gasteiger partial charge >= 0.3 is 6.03 Å². The molecule has 2 N–H and O–H groups in total. The Morgan fingerprint density at radius 2 is 1.95 bits per heavy atom. The van der Waals surface area contributed by atoms with Crippen LogP contribution in [0.1, 0.15) is 23.2 Å².